The lowest BCUT2D eigenvalue weighted by Crippen LogP contribution is -2.09. The van der Waals surface area contributed by atoms with Crippen LogP contribution >= 0.6 is 34.8 Å². The standard InChI is InChI=1S/C22H17Cl3N4O3/c1-11-4-17(25)21-26-18(9-29(21)8-11)22-27-20(28-32-22)14-6-16(24)19(7-15(14)23)31-10-12-2-3-13(30)5-12/h4,6-9,12H,2-3,5,10H2,1H3/t12-/m1/s1. The maximum atomic E-state index is 11.4. The molecule has 3 aromatic heterocycles. The van der Waals surface area contributed by atoms with Gasteiger partial charge in [-0.1, -0.05) is 40.0 Å². The molecule has 0 bridgehead atoms. The van der Waals surface area contributed by atoms with E-state index in [1.807, 2.05) is 23.6 Å². The van der Waals surface area contributed by atoms with Gasteiger partial charge in [-0.2, -0.15) is 4.98 Å². The van der Waals surface area contributed by atoms with E-state index >= 15 is 0 Å². The summed E-state index contributed by atoms with van der Waals surface area (Å²) in [5, 5.41) is 5.30. The second kappa shape index (κ2) is 8.39. The van der Waals surface area contributed by atoms with Gasteiger partial charge in [0.25, 0.3) is 5.89 Å². The summed E-state index contributed by atoms with van der Waals surface area (Å²) in [6, 6.07) is 5.10. The summed E-state index contributed by atoms with van der Waals surface area (Å²) in [5.41, 5.74) is 2.59. The molecule has 0 saturated heterocycles. The van der Waals surface area contributed by atoms with Crippen LogP contribution in [0, 0.1) is 12.8 Å². The van der Waals surface area contributed by atoms with Crippen LogP contribution in [0.4, 0.5) is 0 Å². The van der Waals surface area contributed by atoms with Crippen molar-refractivity contribution in [3.63, 3.8) is 0 Å². The van der Waals surface area contributed by atoms with Crippen molar-refractivity contribution in [2.75, 3.05) is 6.61 Å². The molecule has 10 heteroatoms. The molecule has 7 nitrogen and oxygen atoms in total. The second-order valence-electron chi connectivity index (χ2n) is 7.87. The number of ether oxygens (including phenoxy) is 1. The lowest BCUT2D eigenvalue weighted by molar-refractivity contribution is -0.117. The molecule has 164 valence electrons. The Balaban J connectivity index is 1.39. The van der Waals surface area contributed by atoms with Gasteiger partial charge in [-0.05, 0) is 31.0 Å². The number of hydrogen-bond acceptors (Lipinski definition) is 6. The number of carbonyl (C=O) groups is 1. The van der Waals surface area contributed by atoms with E-state index in [9.17, 15) is 4.79 Å². The predicted molar refractivity (Wildman–Crippen MR) is 122 cm³/mol. The molecule has 1 aliphatic rings. The Kier molecular flexibility index (Phi) is 5.57. The maximum Gasteiger partial charge on any atom is 0.278 e. The summed E-state index contributed by atoms with van der Waals surface area (Å²) < 4.78 is 13.0. The number of imidazole rings is 1. The molecule has 1 saturated carbocycles. The number of fused-ring (bicyclic) bond motifs is 1. The maximum absolute atomic E-state index is 11.4. The fraction of sp³-hybridized carbons (Fsp3) is 0.273. The molecular formula is C22H17Cl3N4O3. The van der Waals surface area contributed by atoms with E-state index in [2.05, 4.69) is 15.1 Å². The summed E-state index contributed by atoms with van der Waals surface area (Å²) >= 11 is 19.1. The first-order chi connectivity index (χ1) is 15.4. The van der Waals surface area contributed by atoms with Crippen LogP contribution in [0.5, 0.6) is 5.75 Å². The van der Waals surface area contributed by atoms with Crippen molar-refractivity contribution in [3.8, 4) is 28.7 Å². The van der Waals surface area contributed by atoms with Crippen molar-refractivity contribution < 1.29 is 14.1 Å². The highest BCUT2D eigenvalue weighted by Gasteiger charge is 2.23. The smallest absolute Gasteiger partial charge is 0.278 e. The Labute approximate surface area is 198 Å². The first-order valence-electron chi connectivity index (χ1n) is 10.00. The molecule has 32 heavy (non-hydrogen) atoms. The number of carbonyl (C=O) groups excluding carboxylic acids is 1. The fourth-order valence-electron chi connectivity index (χ4n) is 3.78. The Morgan fingerprint density at radius 1 is 1.12 bits per heavy atom. The fourth-order valence-corrected chi connectivity index (χ4v) is 4.55. The summed E-state index contributed by atoms with van der Waals surface area (Å²) in [7, 11) is 0. The SMILES string of the molecule is Cc1cc(Cl)c2nc(-c3nc(-c4cc(Cl)c(OC[C@@H]5CCC(=O)C5)cc4Cl)no3)cn2c1. The van der Waals surface area contributed by atoms with Crippen molar-refractivity contribution in [3.05, 3.63) is 51.2 Å². The molecule has 0 unspecified atom stereocenters. The zero-order valence-corrected chi connectivity index (χ0v) is 19.2. The van der Waals surface area contributed by atoms with Gasteiger partial charge in [-0.25, -0.2) is 4.98 Å². The molecule has 0 N–H and O–H groups in total. The lowest BCUT2D eigenvalue weighted by atomic mass is 10.1. The number of rotatable bonds is 5. The van der Waals surface area contributed by atoms with Crippen molar-refractivity contribution in [1.82, 2.24) is 19.5 Å². The summed E-state index contributed by atoms with van der Waals surface area (Å²) in [6.07, 6.45) is 5.67. The molecular weight excluding hydrogens is 475 g/mol. The van der Waals surface area contributed by atoms with Crippen molar-refractivity contribution in [2.45, 2.75) is 26.2 Å². The van der Waals surface area contributed by atoms with Crippen LogP contribution in [0.1, 0.15) is 24.8 Å². The van der Waals surface area contributed by atoms with E-state index in [4.69, 9.17) is 44.1 Å². The topological polar surface area (TPSA) is 82.5 Å². The number of pyridine rings is 1. The van der Waals surface area contributed by atoms with Gasteiger partial charge in [0.1, 0.15) is 17.2 Å². The number of nitrogens with zero attached hydrogens (tertiary/aromatic N) is 4. The van der Waals surface area contributed by atoms with Gasteiger partial charge in [0.2, 0.25) is 5.82 Å². The number of aryl methyl sites for hydroxylation is 1. The minimum Gasteiger partial charge on any atom is -0.492 e. The Bertz CT molecular complexity index is 1350. The van der Waals surface area contributed by atoms with Crippen molar-refractivity contribution >= 4 is 46.2 Å². The molecule has 0 amide bonds. The van der Waals surface area contributed by atoms with Gasteiger partial charge < -0.3 is 13.7 Å². The predicted octanol–water partition coefficient (Wildman–Crippen LogP) is 6.07. The Morgan fingerprint density at radius 2 is 1.97 bits per heavy atom. The molecule has 5 rings (SSSR count). The van der Waals surface area contributed by atoms with Gasteiger partial charge in [0, 0.05) is 42.8 Å². The minimum absolute atomic E-state index is 0.208. The van der Waals surface area contributed by atoms with Crippen LogP contribution in [0.15, 0.2) is 35.1 Å². The largest absolute Gasteiger partial charge is 0.492 e. The monoisotopic (exact) mass is 490 g/mol. The molecule has 1 aromatic carbocycles. The quantitative estimate of drug-likeness (QED) is 0.337. The number of Topliss-reactive ketones (excluding diaryl/α,β-unsaturated/α-hetero) is 1. The van der Waals surface area contributed by atoms with Crippen LogP contribution < -0.4 is 4.74 Å². The summed E-state index contributed by atoms with van der Waals surface area (Å²) in [6.45, 7) is 2.37. The number of ketones is 1. The minimum atomic E-state index is 0.208. The zero-order valence-electron chi connectivity index (χ0n) is 16.9. The third-order valence-electron chi connectivity index (χ3n) is 5.37. The van der Waals surface area contributed by atoms with Crippen LogP contribution in [0.25, 0.3) is 28.6 Å². The van der Waals surface area contributed by atoms with E-state index in [0.717, 1.165) is 12.0 Å². The van der Waals surface area contributed by atoms with Gasteiger partial charge in [0.15, 0.2) is 5.65 Å². The molecule has 1 aliphatic carbocycles. The summed E-state index contributed by atoms with van der Waals surface area (Å²) in [5.74, 6) is 1.44. The van der Waals surface area contributed by atoms with Crippen molar-refractivity contribution in [2.24, 2.45) is 5.92 Å². The number of aromatic nitrogens is 4. The molecule has 0 spiro atoms. The normalized spacial score (nSPS) is 16.2. The lowest BCUT2D eigenvalue weighted by Gasteiger charge is -2.13. The first-order valence-corrected chi connectivity index (χ1v) is 11.1. The van der Waals surface area contributed by atoms with E-state index < -0.39 is 0 Å². The highest BCUT2D eigenvalue weighted by Crippen LogP contribution is 2.37. The van der Waals surface area contributed by atoms with E-state index in [-0.39, 0.29) is 23.4 Å². The van der Waals surface area contributed by atoms with E-state index in [1.165, 1.54) is 0 Å². The third-order valence-corrected chi connectivity index (χ3v) is 6.26. The molecule has 1 atom stereocenters. The highest BCUT2D eigenvalue weighted by molar-refractivity contribution is 6.36. The van der Waals surface area contributed by atoms with E-state index in [0.29, 0.717) is 57.2 Å². The molecule has 3 heterocycles. The molecule has 4 aromatic rings. The molecule has 0 aliphatic heterocycles. The van der Waals surface area contributed by atoms with Crippen LogP contribution in [-0.4, -0.2) is 31.9 Å². The first kappa shape index (κ1) is 21.2. The molecule has 1 fully saturated rings. The summed E-state index contributed by atoms with van der Waals surface area (Å²) in [4.78, 5) is 20.3. The van der Waals surface area contributed by atoms with Gasteiger partial charge in [-0.3, -0.25) is 4.79 Å². The second-order valence-corrected chi connectivity index (χ2v) is 9.09. The number of halogens is 3. The van der Waals surface area contributed by atoms with Gasteiger partial charge in [0.05, 0.1) is 21.7 Å². The average molecular weight is 492 g/mol. The van der Waals surface area contributed by atoms with E-state index in [1.54, 1.807) is 18.3 Å². The average Bonchev–Trinajstić information content (AvgIpc) is 3.47. The van der Waals surface area contributed by atoms with Crippen LogP contribution in [-0.2, 0) is 4.79 Å². The third kappa shape index (κ3) is 4.08. The van der Waals surface area contributed by atoms with Crippen molar-refractivity contribution in [1.29, 1.82) is 0 Å². The zero-order chi connectivity index (χ0) is 22.4. The van der Waals surface area contributed by atoms with Gasteiger partial charge in [-0.15, -0.1) is 0 Å². The number of benzene rings is 1. The Morgan fingerprint density at radius 3 is 2.75 bits per heavy atom. The highest BCUT2D eigenvalue weighted by atomic mass is 35.5. The Hall–Kier alpha value is -2.61. The van der Waals surface area contributed by atoms with Gasteiger partial charge >= 0.3 is 0 Å². The molecule has 0 radical (unpaired) electrons. The van der Waals surface area contributed by atoms with Crippen LogP contribution in [0.3, 0.4) is 0 Å². The number of hydrogen-bond donors (Lipinski definition) is 0. The van der Waals surface area contributed by atoms with Crippen LogP contribution in [0.2, 0.25) is 15.1 Å².